The molecule has 0 radical (unpaired) electrons. The van der Waals surface area contributed by atoms with Gasteiger partial charge in [-0.05, 0) is 13.5 Å². The maximum Gasteiger partial charge on any atom is 0.0793 e. The zero-order valence-electron chi connectivity index (χ0n) is 11.5. The minimum Gasteiger partial charge on any atom is -0.390 e. The number of aliphatic hydroxyl groups is 1. The van der Waals surface area contributed by atoms with Crippen molar-refractivity contribution in [3.8, 4) is 6.07 Å². The standard InChI is InChI=1S/C13H25N3O2/c1-3-15(9-12(2)8-14)10-13(17)11-16-4-6-18-7-5-16/h12-13,17H,3-7,9-11H2,1-2H3. The molecule has 0 saturated carbocycles. The van der Waals surface area contributed by atoms with Crippen LogP contribution in [0.15, 0.2) is 0 Å². The van der Waals surface area contributed by atoms with Crippen molar-refractivity contribution in [1.29, 1.82) is 5.26 Å². The highest BCUT2D eigenvalue weighted by molar-refractivity contribution is 4.82. The first-order chi connectivity index (χ1) is 8.65. The van der Waals surface area contributed by atoms with Crippen LogP contribution in [0.25, 0.3) is 0 Å². The van der Waals surface area contributed by atoms with Gasteiger partial charge in [0.05, 0.1) is 31.3 Å². The number of morpholine rings is 1. The molecule has 2 atom stereocenters. The molecule has 5 heteroatoms. The largest absolute Gasteiger partial charge is 0.390 e. The molecule has 1 N–H and O–H groups in total. The summed E-state index contributed by atoms with van der Waals surface area (Å²) in [7, 11) is 0. The van der Waals surface area contributed by atoms with Crippen LogP contribution >= 0.6 is 0 Å². The van der Waals surface area contributed by atoms with Crippen molar-refractivity contribution in [2.45, 2.75) is 20.0 Å². The number of hydrogen-bond donors (Lipinski definition) is 1. The first kappa shape index (κ1) is 15.4. The molecular formula is C13H25N3O2. The summed E-state index contributed by atoms with van der Waals surface area (Å²) in [6.07, 6.45) is -0.353. The van der Waals surface area contributed by atoms with Crippen LogP contribution in [0.5, 0.6) is 0 Å². The number of likely N-dealkylation sites (N-methyl/N-ethyl adjacent to an activating group) is 1. The normalized spacial score (nSPS) is 20.6. The fourth-order valence-corrected chi connectivity index (χ4v) is 2.20. The number of ether oxygens (including phenoxy) is 1. The van der Waals surface area contributed by atoms with E-state index in [1.165, 1.54) is 0 Å². The minimum absolute atomic E-state index is 0.0144. The van der Waals surface area contributed by atoms with Crippen LogP contribution in [-0.4, -0.2) is 73.5 Å². The molecule has 1 aliphatic rings. The van der Waals surface area contributed by atoms with Gasteiger partial charge in [-0.25, -0.2) is 0 Å². The summed E-state index contributed by atoms with van der Waals surface area (Å²) in [6, 6.07) is 2.23. The van der Waals surface area contributed by atoms with E-state index in [1.54, 1.807) is 0 Å². The molecule has 104 valence electrons. The monoisotopic (exact) mass is 255 g/mol. The van der Waals surface area contributed by atoms with Gasteiger partial charge in [0.1, 0.15) is 0 Å². The highest BCUT2D eigenvalue weighted by Gasteiger charge is 2.17. The summed E-state index contributed by atoms with van der Waals surface area (Å²) in [5, 5.41) is 18.9. The average Bonchev–Trinajstić information content (AvgIpc) is 2.38. The van der Waals surface area contributed by atoms with Gasteiger partial charge in [0.15, 0.2) is 0 Å². The van der Waals surface area contributed by atoms with Crippen LogP contribution in [0.1, 0.15) is 13.8 Å². The Bertz CT molecular complexity index is 261. The van der Waals surface area contributed by atoms with Crippen LogP contribution in [-0.2, 0) is 4.74 Å². The van der Waals surface area contributed by atoms with E-state index in [-0.39, 0.29) is 12.0 Å². The van der Waals surface area contributed by atoms with E-state index >= 15 is 0 Å². The van der Waals surface area contributed by atoms with Crippen LogP contribution in [0, 0.1) is 17.2 Å². The lowest BCUT2D eigenvalue weighted by atomic mass is 10.2. The van der Waals surface area contributed by atoms with E-state index in [2.05, 4.69) is 22.8 Å². The molecule has 1 fully saturated rings. The number of hydrogen-bond acceptors (Lipinski definition) is 5. The molecule has 0 aromatic heterocycles. The summed E-state index contributed by atoms with van der Waals surface area (Å²) in [4.78, 5) is 4.37. The Morgan fingerprint density at radius 1 is 1.39 bits per heavy atom. The van der Waals surface area contributed by atoms with E-state index in [9.17, 15) is 5.11 Å². The van der Waals surface area contributed by atoms with Crippen molar-refractivity contribution in [2.24, 2.45) is 5.92 Å². The zero-order chi connectivity index (χ0) is 13.4. The first-order valence-corrected chi connectivity index (χ1v) is 6.75. The lowest BCUT2D eigenvalue weighted by Crippen LogP contribution is -2.45. The van der Waals surface area contributed by atoms with Crippen LogP contribution in [0.2, 0.25) is 0 Å². The highest BCUT2D eigenvalue weighted by Crippen LogP contribution is 2.03. The maximum atomic E-state index is 10.1. The lowest BCUT2D eigenvalue weighted by Gasteiger charge is -2.31. The molecule has 1 aliphatic heterocycles. The van der Waals surface area contributed by atoms with E-state index in [0.717, 1.165) is 39.4 Å². The van der Waals surface area contributed by atoms with Gasteiger partial charge in [-0.3, -0.25) is 9.80 Å². The Morgan fingerprint density at radius 3 is 2.61 bits per heavy atom. The van der Waals surface area contributed by atoms with Crippen molar-refractivity contribution in [3.63, 3.8) is 0 Å². The molecule has 5 nitrogen and oxygen atoms in total. The summed E-state index contributed by atoms with van der Waals surface area (Å²) in [6.45, 7) is 10.2. The average molecular weight is 255 g/mol. The predicted octanol–water partition coefficient (Wildman–Crippen LogP) is 0.161. The number of nitrogens with zero attached hydrogens (tertiary/aromatic N) is 3. The smallest absolute Gasteiger partial charge is 0.0793 e. The second-order valence-electron chi connectivity index (χ2n) is 4.95. The number of aliphatic hydroxyl groups excluding tert-OH is 1. The zero-order valence-corrected chi connectivity index (χ0v) is 11.5. The predicted molar refractivity (Wildman–Crippen MR) is 70.2 cm³/mol. The number of β-amino-alcohol motifs (C(OH)–C–C–N with tert-alkyl or cyclic N) is 1. The fourth-order valence-electron chi connectivity index (χ4n) is 2.20. The lowest BCUT2D eigenvalue weighted by molar-refractivity contribution is 0.00681. The van der Waals surface area contributed by atoms with E-state index < -0.39 is 0 Å². The van der Waals surface area contributed by atoms with Gasteiger partial charge in [0.2, 0.25) is 0 Å². The van der Waals surface area contributed by atoms with Gasteiger partial charge in [-0.2, -0.15) is 5.26 Å². The molecule has 1 heterocycles. The van der Waals surface area contributed by atoms with E-state index in [4.69, 9.17) is 10.00 Å². The summed E-state index contributed by atoms with van der Waals surface area (Å²) >= 11 is 0. The van der Waals surface area contributed by atoms with E-state index in [1.807, 2.05) is 6.92 Å². The third kappa shape index (κ3) is 5.78. The van der Waals surface area contributed by atoms with Gasteiger partial charge in [0.25, 0.3) is 0 Å². The quantitative estimate of drug-likeness (QED) is 0.702. The van der Waals surface area contributed by atoms with E-state index in [0.29, 0.717) is 13.1 Å². The number of rotatable bonds is 7. The van der Waals surface area contributed by atoms with Gasteiger partial charge in [-0.1, -0.05) is 6.92 Å². The molecule has 2 unspecified atom stereocenters. The molecule has 1 saturated heterocycles. The van der Waals surface area contributed by atoms with Crippen LogP contribution < -0.4 is 0 Å². The molecule has 0 spiro atoms. The second kappa shape index (κ2) is 8.44. The fraction of sp³-hybridized carbons (Fsp3) is 0.923. The Labute approximate surface area is 110 Å². The van der Waals surface area contributed by atoms with Crippen molar-refractivity contribution >= 4 is 0 Å². The molecule has 0 amide bonds. The molecule has 0 aromatic carbocycles. The molecule has 0 bridgehead atoms. The number of nitriles is 1. The summed E-state index contributed by atoms with van der Waals surface area (Å²) in [5.74, 6) is 0.0144. The van der Waals surface area contributed by atoms with Gasteiger partial charge in [0, 0.05) is 32.7 Å². The van der Waals surface area contributed by atoms with Crippen LogP contribution in [0.3, 0.4) is 0 Å². The topological polar surface area (TPSA) is 59.7 Å². The molecular weight excluding hydrogens is 230 g/mol. The Morgan fingerprint density at radius 2 is 2.06 bits per heavy atom. The molecule has 18 heavy (non-hydrogen) atoms. The van der Waals surface area contributed by atoms with Crippen molar-refractivity contribution < 1.29 is 9.84 Å². The molecule has 0 aromatic rings. The third-order valence-corrected chi connectivity index (χ3v) is 3.24. The molecule has 0 aliphatic carbocycles. The Balaban J connectivity index is 2.27. The van der Waals surface area contributed by atoms with Crippen molar-refractivity contribution in [3.05, 3.63) is 0 Å². The highest BCUT2D eigenvalue weighted by atomic mass is 16.5. The third-order valence-electron chi connectivity index (χ3n) is 3.24. The minimum atomic E-state index is -0.353. The van der Waals surface area contributed by atoms with Crippen LogP contribution in [0.4, 0.5) is 0 Å². The van der Waals surface area contributed by atoms with Gasteiger partial charge < -0.3 is 9.84 Å². The Hall–Kier alpha value is -0.670. The van der Waals surface area contributed by atoms with Gasteiger partial charge >= 0.3 is 0 Å². The van der Waals surface area contributed by atoms with Crippen molar-refractivity contribution in [2.75, 3.05) is 52.5 Å². The first-order valence-electron chi connectivity index (χ1n) is 6.75. The Kier molecular flexibility index (Phi) is 7.21. The SMILES string of the molecule is CCN(CC(C)C#N)CC(O)CN1CCOCC1. The second-order valence-corrected chi connectivity index (χ2v) is 4.95. The van der Waals surface area contributed by atoms with Gasteiger partial charge in [-0.15, -0.1) is 0 Å². The maximum absolute atomic E-state index is 10.1. The summed E-state index contributed by atoms with van der Waals surface area (Å²) < 4.78 is 5.28. The van der Waals surface area contributed by atoms with Crippen molar-refractivity contribution in [1.82, 2.24) is 9.80 Å². The molecule has 1 rings (SSSR count). The summed E-state index contributed by atoms with van der Waals surface area (Å²) in [5.41, 5.74) is 0.